The summed E-state index contributed by atoms with van der Waals surface area (Å²) in [5.41, 5.74) is 6.80. The minimum absolute atomic E-state index is 0.0622. The quantitative estimate of drug-likeness (QED) is 0.239. The summed E-state index contributed by atoms with van der Waals surface area (Å²) in [7, 11) is 0. The molecule has 2 aromatic carbocycles. The molecule has 1 heterocycles. The number of hydrogen-bond donors (Lipinski definition) is 4. The van der Waals surface area contributed by atoms with E-state index in [4.69, 9.17) is 4.74 Å². The largest absolute Gasteiger partial charge is 0.394 e. The molecule has 0 radical (unpaired) electrons. The van der Waals surface area contributed by atoms with Gasteiger partial charge >= 0.3 is 0 Å². The molecule has 0 spiro atoms. The number of aliphatic hydroxyl groups excluding tert-OH is 4. The fraction of sp³-hybridized carbons (Fsp3) is 0.579. The van der Waals surface area contributed by atoms with E-state index in [0.29, 0.717) is 12.3 Å². The average molecular weight is 625 g/mol. The van der Waals surface area contributed by atoms with Crippen LogP contribution in [0.25, 0.3) is 0 Å². The molecule has 250 valence electrons. The topological polar surface area (TPSA) is 124 Å². The first-order chi connectivity index (χ1) is 20.8. The number of hydrogen-bond acceptors (Lipinski definition) is 7. The van der Waals surface area contributed by atoms with Crippen molar-refractivity contribution in [1.29, 1.82) is 0 Å². The maximum atomic E-state index is 12.0. The second kappa shape index (κ2) is 15.7. The van der Waals surface area contributed by atoms with Gasteiger partial charge in [0, 0.05) is 17.3 Å². The monoisotopic (exact) mass is 624 g/mol. The minimum atomic E-state index is -1.38. The van der Waals surface area contributed by atoms with E-state index in [1.54, 1.807) is 0 Å². The molecule has 2 aromatic rings. The summed E-state index contributed by atoms with van der Waals surface area (Å²) < 4.78 is 5.83. The summed E-state index contributed by atoms with van der Waals surface area (Å²) >= 11 is 0. The lowest BCUT2D eigenvalue weighted by Crippen LogP contribution is -2.55. The van der Waals surface area contributed by atoms with E-state index in [-0.39, 0.29) is 11.6 Å². The standard InChI is InChI=1S/C25H34O5.C13H22O2/c1-13(2)19-9-16(5)20(25-24(29)23(28)22(27)21(12-26)30-25)11-18(19)10-17-7-6-14(3)8-15(17)4;1-7-8-12(3,4)11(15)9-13(5,6)10(2)14/h6-9,11,13,21-29H,10,12H2,1-5H3;7-8H,9H2,1-6H3/b;8-7+/t21-,22-,23+,24-,25+;/m1./s1. The highest BCUT2D eigenvalue weighted by atomic mass is 16.5. The van der Waals surface area contributed by atoms with Gasteiger partial charge < -0.3 is 25.2 Å². The first-order valence-electron chi connectivity index (χ1n) is 16.0. The Hall–Kier alpha value is -2.68. The summed E-state index contributed by atoms with van der Waals surface area (Å²) in [5, 5.41) is 40.5. The minimum Gasteiger partial charge on any atom is -0.394 e. The Labute approximate surface area is 270 Å². The molecule has 0 aliphatic carbocycles. The van der Waals surface area contributed by atoms with Crippen LogP contribution in [0.1, 0.15) is 113 Å². The Balaban J connectivity index is 0.000000399. The van der Waals surface area contributed by atoms with Gasteiger partial charge in [-0.05, 0) is 94.2 Å². The van der Waals surface area contributed by atoms with Crippen molar-refractivity contribution in [3.05, 3.63) is 81.4 Å². The van der Waals surface area contributed by atoms with Gasteiger partial charge in [0.2, 0.25) is 0 Å². The number of aliphatic hydroxyl groups is 4. The molecule has 7 nitrogen and oxygen atoms in total. The lowest BCUT2D eigenvalue weighted by atomic mass is 9.76. The van der Waals surface area contributed by atoms with Crippen LogP contribution in [-0.4, -0.2) is 63.0 Å². The molecule has 0 amide bonds. The van der Waals surface area contributed by atoms with Crippen molar-refractivity contribution in [2.75, 3.05) is 6.61 Å². The van der Waals surface area contributed by atoms with Crippen molar-refractivity contribution < 1.29 is 34.8 Å². The molecule has 1 aliphatic heterocycles. The normalized spacial score (nSPS) is 22.4. The van der Waals surface area contributed by atoms with E-state index in [9.17, 15) is 30.0 Å². The van der Waals surface area contributed by atoms with Gasteiger partial charge in [-0.15, -0.1) is 0 Å². The van der Waals surface area contributed by atoms with Crippen LogP contribution in [0.15, 0.2) is 42.5 Å². The van der Waals surface area contributed by atoms with Crippen LogP contribution in [-0.2, 0) is 20.7 Å². The van der Waals surface area contributed by atoms with E-state index >= 15 is 0 Å². The van der Waals surface area contributed by atoms with Gasteiger partial charge in [0.1, 0.15) is 42.1 Å². The van der Waals surface area contributed by atoms with Crippen molar-refractivity contribution in [2.24, 2.45) is 10.8 Å². The zero-order valence-corrected chi connectivity index (χ0v) is 29.1. The number of ether oxygens (including phenoxy) is 1. The number of carbonyl (C=O) groups excluding carboxylic acids is 2. The summed E-state index contributed by atoms with van der Waals surface area (Å²) in [6.45, 7) is 20.9. The lowest BCUT2D eigenvalue weighted by Gasteiger charge is -2.41. The van der Waals surface area contributed by atoms with E-state index in [2.05, 4.69) is 58.0 Å². The average Bonchev–Trinajstić information content (AvgIpc) is 2.94. The summed E-state index contributed by atoms with van der Waals surface area (Å²) in [4.78, 5) is 23.3. The number of rotatable bonds is 10. The fourth-order valence-corrected chi connectivity index (χ4v) is 5.66. The molecule has 1 aliphatic rings. The summed E-state index contributed by atoms with van der Waals surface area (Å²) in [6.07, 6.45) is -0.937. The van der Waals surface area contributed by atoms with Gasteiger partial charge in [-0.2, -0.15) is 0 Å². The highest BCUT2D eigenvalue weighted by Crippen LogP contribution is 2.37. The molecule has 5 atom stereocenters. The molecule has 0 aromatic heterocycles. The Kier molecular flexibility index (Phi) is 13.5. The maximum Gasteiger partial charge on any atom is 0.143 e. The Morgan fingerprint density at radius 3 is 2.04 bits per heavy atom. The van der Waals surface area contributed by atoms with Crippen LogP contribution >= 0.6 is 0 Å². The molecule has 0 saturated carbocycles. The second-order valence-corrected chi connectivity index (χ2v) is 14.2. The third-order valence-electron chi connectivity index (χ3n) is 9.09. The number of benzene rings is 2. The third kappa shape index (κ3) is 9.66. The molecule has 45 heavy (non-hydrogen) atoms. The molecular weight excluding hydrogens is 568 g/mol. The number of ketones is 2. The first kappa shape index (κ1) is 38.5. The zero-order valence-electron chi connectivity index (χ0n) is 29.1. The van der Waals surface area contributed by atoms with E-state index in [0.717, 1.165) is 23.1 Å². The van der Waals surface area contributed by atoms with Crippen LogP contribution in [0.5, 0.6) is 0 Å². The number of allylic oxidation sites excluding steroid dienone is 2. The second-order valence-electron chi connectivity index (χ2n) is 14.2. The molecule has 1 saturated heterocycles. The lowest BCUT2D eigenvalue weighted by molar-refractivity contribution is -0.231. The van der Waals surface area contributed by atoms with Crippen molar-refractivity contribution >= 4 is 11.6 Å². The van der Waals surface area contributed by atoms with E-state index in [1.807, 2.05) is 53.7 Å². The van der Waals surface area contributed by atoms with Crippen molar-refractivity contribution in [2.45, 2.75) is 125 Å². The van der Waals surface area contributed by atoms with Gasteiger partial charge in [0.05, 0.1) is 6.61 Å². The Morgan fingerprint density at radius 1 is 0.911 bits per heavy atom. The van der Waals surface area contributed by atoms with Crippen LogP contribution < -0.4 is 0 Å². The maximum absolute atomic E-state index is 12.0. The molecular formula is C38H56O7. The summed E-state index contributed by atoms with van der Waals surface area (Å²) in [5.74, 6) is 0.501. The number of carbonyl (C=O) groups is 2. The van der Waals surface area contributed by atoms with Gasteiger partial charge in [0.25, 0.3) is 0 Å². The smallest absolute Gasteiger partial charge is 0.143 e. The van der Waals surface area contributed by atoms with E-state index < -0.39 is 48.0 Å². The van der Waals surface area contributed by atoms with Gasteiger partial charge in [-0.1, -0.05) is 75.7 Å². The van der Waals surface area contributed by atoms with Crippen molar-refractivity contribution in [3.8, 4) is 0 Å². The first-order valence-corrected chi connectivity index (χ1v) is 16.0. The van der Waals surface area contributed by atoms with Crippen LogP contribution in [0.2, 0.25) is 0 Å². The SMILES string of the molecule is C/C=C/C(C)(C)C(=O)CC(C)(C)C(C)=O.Cc1ccc(Cc2cc([C@@H]3O[C@H](CO)[C@@H](O)[C@H](O)[C@H]3O)c(C)cc2C(C)C)c(C)c1. The summed E-state index contributed by atoms with van der Waals surface area (Å²) in [6, 6.07) is 10.6. The predicted molar refractivity (Wildman–Crippen MR) is 179 cm³/mol. The van der Waals surface area contributed by atoms with Gasteiger partial charge in [-0.3, -0.25) is 9.59 Å². The van der Waals surface area contributed by atoms with Crippen LogP contribution in [0, 0.1) is 31.6 Å². The number of Topliss-reactive ketones (excluding diaryl/α,β-unsaturated/α-hetero) is 2. The Morgan fingerprint density at radius 2 is 1.53 bits per heavy atom. The highest BCUT2D eigenvalue weighted by Gasteiger charge is 2.44. The van der Waals surface area contributed by atoms with Gasteiger partial charge in [0.15, 0.2) is 0 Å². The molecule has 7 heteroatoms. The molecule has 0 bridgehead atoms. The third-order valence-corrected chi connectivity index (χ3v) is 9.09. The molecule has 3 rings (SSSR count). The molecule has 0 unspecified atom stereocenters. The fourth-order valence-electron chi connectivity index (χ4n) is 5.66. The predicted octanol–water partition coefficient (Wildman–Crippen LogP) is 6.00. The van der Waals surface area contributed by atoms with Crippen molar-refractivity contribution in [3.63, 3.8) is 0 Å². The van der Waals surface area contributed by atoms with Crippen LogP contribution in [0.3, 0.4) is 0 Å². The van der Waals surface area contributed by atoms with Crippen LogP contribution in [0.4, 0.5) is 0 Å². The van der Waals surface area contributed by atoms with Gasteiger partial charge in [-0.25, -0.2) is 0 Å². The highest BCUT2D eigenvalue weighted by molar-refractivity contribution is 5.92. The Bertz CT molecular complexity index is 1350. The molecule has 1 fully saturated rings. The zero-order chi connectivity index (χ0) is 34.4. The van der Waals surface area contributed by atoms with E-state index in [1.165, 1.54) is 29.2 Å². The van der Waals surface area contributed by atoms with Crippen molar-refractivity contribution in [1.82, 2.24) is 0 Å². The number of aryl methyl sites for hydroxylation is 3. The molecule has 4 N–H and O–H groups in total.